The number of anilines is 2. The molecule has 5 nitrogen and oxygen atoms in total. The van der Waals surface area contributed by atoms with E-state index in [2.05, 4.69) is 20.2 Å². The van der Waals surface area contributed by atoms with Crippen LogP contribution < -0.4 is 10.2 Å². The van der Waals surface area contributed by atoms with E-state index in [-0.39, 0.29) is 0 Å². The minimum Gasteiger partial charge on any atom is -0.388 e. The van der Waals surface area contributed by atoms with Gasteiger partial charge in [-0.05, 0) is 25.7 Å². The summed E-state index contributed by atoms with van der Waals surface area (Å²) in [6, 6.07) is 1.97. The van der Waals surface area contributed by atoms with Crippen molar-refractivity contribution in [1.82, 2.24) is 9.97 Å². The van der Waals surface area contributed by atoms with Gasteiger partial charge in [-0.25, -0.2) is 9.97 Å². The Balaban J connectivity index is 1.99. The number of nitrogens with zero attached hydrogens (tertiary/aromatic N) is 3. The summed E-state index contributed by atoms with van der Waals surface area (Å²) >= 11 is 0. The van der Waals surface area contributed by atoms with Crippen LogP contribution in [0.2, 0.25) is 0 Å². The molecule has 0 atom stereocenters. The van der Waals surface area contributed by atoms with Gasteiger partial charge in [-0.3, -0.25) is 0 Å². The van der Waals surface area contributed by atoms with Crippen LogP contribution in [0.3, 0.4) is 0 Å². The molecule has 0 amide bonds. The third-order valence-electron chi connectivity index (χ3n) is 4.00. The third-order valence-corrected chi connectivity index (χ3v) is 4.00. The molecule has 0 aromatic carbocycles. The van der Waals surface area contributed by atoms with Crippen molar-refractivity contribution < 1.29 is 5.11 Å². The van der Waals surface area contributed by atoms with Crippen molar-refractivity contribution in [3.05, 3.63) is 12.4 Å². The molecule has 1 aliphatic rings. The Bertz CT molecular complexity index is 400. The molecule has 1 fully saturated rings. The Morgan fingerprint density at radius 3 is 2.58 bits per heavy atom. The molecular weight excluding hydrogens is 240 g/mol. The van der Waals surface area contributed by atoms with Gasteiger partial charge in [0, 0.05) is 25.7 Å². The molecule has 0 unspecified atom stereocenters. The quantitative estimate of drug-likeness (QED) is 0.823. The van der Waals surface area contributed by atoms with E-state index < -0.39 is 5.60 Å². The first kappa shape index (κ1) is 14.1. The number of aliphatic hydroxyl groups is 1. The molecule has 1 aliphatic heterocycles. The highest BCUT2D eigenvalue weighted by molar-refractivity contribution is 5.49. The Labute approximate surface area is 115 Å². The van der Waals surface area contributed by atoms with Gasteiger partial charge < -0.3 is 15.3 Å². The summed E-state index contributed by atoms with van der Waals surface area (Å²) in [4.78, 5) is 10.8. The van der Waals surface area contributed by atoms with Gasteiger partial charge in [-0.1, -0.05) is 13.8 Å². The number of hydrogen-bond donors (Lipinski definition) is 2. The molecule has 5 heteroatoms. The summed E-state index contributed by atoms with van der Waals surface area (Å²) in [7, 11) is 0. The second-order valence-electron chi connectivity index (χ2n) is 5.24. The van der Waals surface area contributed by atoms with E-state index in [1.54, 1.807) is 6.33 Å². The van der Waals surface area contributed by atoms with Crippen LogP contribution >= 0.6 is 0 Å². The number of nitrogens with one attached hydrogen (secondary N) is 1. The molecule has 1 aromatic heterocycles. The van der Waals surface area contributed by atoms with E-state index in [1.165, 1.54) is 12.8 Å². The molecule has 0 spiro atoms. The number of hydrogen-bond acceptors (Lipinski definition) is 5. The third kappa shape index (κ3) is 3.56. The maximum atomic E-state index is 10.3. The molecular formula is C14H24N4O. The Morgan fingerprint density at radius 2 is 1.95 bits per heavy atom. The molecule has 2 rings (SSSR count). The molecule has 106 valence electrons. The van der Waals surface area contributed by atoms with Crippen LogP contribution in [0.15, 0.2) is 12.4 Å². The highest BCUT2D eigenvalue weighted by Gasteiger charge is 2.22. The maximum absolute atomic E-state index is 10.3. The van der Waals surface area contributed by atoms with Crippen molar-refractivity contribution in [2.24, 2.45) is 0 Å². The molecule has 0 bridgehead atoms. The van der Waals surface area contributed by atoms with Gasteiger partial charge in [-0.15, -0.1) is 0 Å². The summed E-state index contributed by atoms with van der Waals surface area (Å²) < 4.78 is 0. The number of aromatic nitrogens is 2. The SMILES string of the molecule is CCC(O)(CC)CNc1cc(N2CCCC2)ncn1. The molecule has 1 saturated heterocycles. The normalized spacial score (nSPS) is 15.8. The zero-order chi connectivity index (χ0) is 13.7. The average Bonchev–Trinajstić information content (AvgIpc) is 2.99. The molecule has 19 heavy (non-hydrogen) atoms. The van der Waals surface area contributed by atoms with Crippen LogP contribution in [0.1, 0.15) is 39.5 Å². The first-order valence-corrected chi connectivity index (χ1v) is 7.20. The van der Waals surface area contributed by atoms with E-state index >= 15 is 0 Å². The topological polar surface area (TPSA) is 61.3 Å². The van der Waals surface area contributed by atoms with Gasteiger partial charge in [0.15, 0.2) is 0 Å². The standard InChI is InChI=1S/C14H24N4O/c1-3-14(19,4-2)10-15-12-9-13(17-11-16-12)18-7-5-6-8-18/h9,11,19H,3-8,10H2,1-2H3,(H,15,16,17). The van der Waals surface area contributed by atoms with E-state index in [4.69, 9.17) is 0 Å². The summed E-state index contributed by atoms with van der Waals surface area (Å²) in [6.45, 7) is 6.67. The lowest BCUT2D eigenvalue weighted by atomic mass is 9.98. The van der Waals surface area contributed by atoms with Gasteiger partial charge in [0.2, 0.25) is 0 Å². The highest BCUT2D eigenvalue weighted by atomic mass is 16.3. The van der Waals surface area contributed by atoms with Crippen molar-refractivity contribution in [2.75, 3.05) is 29.9 Å². The lowest BCUT2D eigenvalue weighted by Crippen LogP contribution is -2.35. The average molecular weight is 264 g/mol. The highest BCUT2D eigenvalue weighted by Crippen LogP contribution is 2.20. The van der Waals surface area contributed by atoms with Gasteiger partial charge in [-0.2, -0.15) is 0 Å². The van der Waals surface area contributed by atoms with Gasteiger partial charge in [0.1, 0.15) is 18.0 Å². The lowest BCUT2D eigenvalue weighted by molar-refractivity contribution is 0.0456. The predicted molar refractivity (Wildman–Crippen MR) is 77.5 cm³/mol. The lowest BCUT2D eigenvalue weighted by Gasteiger charge is -2.26. The van der Waals surface area contributed by atoms with Crippen molar-refractivity contribution >= 4 is 11.6 Å². The summed E-state index contributed by atoms with van der Waals surface area (Å²) in [5, 5.41) is 13.5. The monoisotopic (exact) mass is 264 g/mol. The minimum absolute atomic E-state index is 0.524. The van der Waals surface area contributed by atoms with Crippen molar-refractivity contribution in [3.8, 4) is 0 Å². The Hall–Kier alpha value is -1.36. The molecule has 2 N–H and O–H groups in total. The van der Waals surface area contributed by atoms with E-state index in [0.717, 1.165) is 37.6 Å². The fraction of sp³-hybridized carbons (Fsp3) is 0.714. The van der Waals surface area contributed by atoms with Gasteiger partial charge in [0.25, 0.3) is 0 Å². The van der Waals surface area contributed by atoms with Crippen LogP contribution in [0.5, 0.6) is 0 Å². The molecule has 0 radical (unpaired) electrons. The Morgan fingerprint density at radius 1 is 1.26 bits per heavy atom. The molecule has 2 heterocycles. The molecule has 0 aliphatic carbocycles. The zero-order valence-electron chi connectivity index (χ0n) is 11.9. The van der Waals surface area contributed by atoms with Crippen molar-refractivity contribution in [1.29, 1.82) is 0 Å². The first-order chi connectivity index (χ1) is 9.17. The summed E-state index contributed by atoms with van der Waals surface area (Å²) in [6.07, 6.45) is 5.53. The summed E-state index contributed by atoms with van der Waals surface area (Å²) in [5.74, 6) is 1.77. The summed E-state index contributed by atoms with van der Waals surface area (Å²) in [5.41, 5.74) is -0.654. The van der Waals surface area contributed by atoms with Crippen LogP contribution in [-0.4, -0.2) is 40.3 Å². The van der Waals surface area contributed by atoms with Crippen LogP contribution in [0.4, 0.5) is 11.6 Å². The molecule has 0 saturated carbocycles. The second kappa shape index (κ2) is 6.19. The van der Waals surface area contributed by atoms with E-state index in [0.29, 0.717) is 6.54 Å². The minimum atomic E-state index is -0.654. The largest absolute Gasteiger partial charge is 0.388 e. The van der Waals surface area contributed by atoms with Crippen LogP contribution in [0, 0.1) is 0 Å². The Kier molecular flexibility index (Phi) is 4.58. The van der Waals surface area contributed by atoms with Crippen molar-refractivity contribution in [2.45, 2.75) is 45.1 Å². The maximum Gasteiger partial charge on any atom is 0.134 e. The zero-order valence-corrected chi connectivity index (χ0v) is 11.9. The van der Waals surface area contributed by atoms with E-state index in [1.807, 2.05) is 19.9 Å². The van der Waals surface area contributed by atoms with Crippen LogP contribution in [0.25, 0.3) is 0 Å². The van der Waals surface area contributed by atoms with Gasteiger partial charge in [0.05, 0.1) is 5.60 Å². The fourth-order valence-corrected chi connectivity index (χ4v) is 2.32. The van der Waals surface area contributed by atoms with Crippen LogP contribution in [-0.2, 0) is 0 Å². The number of rotatable bonds is 6. The predicted octanol–water partition coefficient (Wildman–Crippen LogP) is 2.04. The fourth-order valence-electron chi connectivity index (χ4n) is 2.32. The smallest absolute Gasteiger partial charge is 0.134 e. The second-order valence-corrected chi connectivity index (χ2v) is 5.24. The van der Waals surface area contributed by atoms with Gasteiger partial charge >= 0.3 is 0 Å². The van der Waals surface area contributed by atoms with Crippen molar-refractivity contribution in [3.63, 3.8) is 0 Å². The molecule has 1 aromatic rings. The first-order valence-electron chi connectivity index (χ1n) is 7.20. The van der Waals surface area contributed by atoms with E-state index in [9.17, 15) is 5.11 Å².